The Balaban J connectivity index is 1.51. The summed E-state index contributed by atoms with van der Waals surface area (Å²) in [7, 11) is 0. The maximum Gasteiger partial charge on any atom is 0.145 e. The highest BCUT2D eigenvalue weighted by Gasteiger charge is 2.13. The van der Waals surface area contributed by atoms with Crippen LogP contribution in [0.4, 0.5) is 0 Å². The maximum atomic E-state index is 4.99. The Kier molecular flexibility index (Phi) is 4.01. The molecule has 0 bridgehead atoms. The van der Waals surface area contributed by atoms with Gasteiger partial charge in [-0.1, -0.05) is 25.1 Å². The number of pyridine rings is 2. The summed E-state index contributed by atoms with van der Waals surface area (Å²) < 4.78 is 2.20. The first-order valence-corrected chi connectivity index (χ1v) is 9.69. The summed E-state index contributed by atoms with van der Waals surface area (Å²) in [4.78, 5) is 18.4. The maximum absolute atomic E-state index is 4.99. The molecule has 0 radical (unpaired) electrons. The van der Waals surface area contributed by atoms with E-state index in [0.717, 1.165) is 47.5 Å². The van der Waals surface area contributed by atoms with Gasteiger partial charge in [0.1, 0.15) is 17.0 Å². The number of aryl methyl sites for hydroxylation is 4. The lowest BCUT2D eigenvalue weighted by molar-refractivity contribution is 0.843. The largest absolute Gasteiger partial charge is 0.304 e. The van der Waals surface area contributed by atoms with Gasteiger partial charge in [-0.2, -0.15) is 0 Å². The van der Waals surface area contributed by atoms with Crippen LogP contribution < -0.4 is 0 Å². The Morgan fingerprint density at radius 3 is 2.71 bits per heavy atom. The normalized spacial score (nSPS) is 11.6. The van der Waals surface area contributed by atoms with E-state index in [4.69, 9.17) is 4.98 Å². The zero-order chi connectivity index (χ0) is 19.1. The zero-order valence-corrected chi connectivity index (χ0v) is 16.1. The Bertz CT molecular complexity index is 1320. The highest BCUT2D eigenvalue weighted by Crippen LogP contribution is 2.25. The third-order valence-electron chi connectivity index (χ3n) is 5.44. The van der Waals surface area contributed by atoms with E-state index in [-0.39, 0.29) is 0 Å². The second-order valence-corrected chi connectivity index (χ2v) is 7.08. The molecule has 0 saturated heterocycles. The SMILES string of the molecule is CCc1cccc2c1ccn1c(C)c(CCc3ncc4ncccc4n3)nc21. The summed E-state index contributed by atoms with van der Waals surface area (Å²) in [5, 5.41) is 2.50. The molecule has 0 aliphatic heterocycles. The number of rotatable bonds is 4. The van der Waals surface area contributed by atoms with Gasteiger partial charge in [-0.3, -0.25) is 4.98 Å². The second kappa shape index (κ2) is 6.68. The smallest absolute Gasteiger partial charge is 0.145 e. The van der Waals surface area contributed by atoms with Crippen molar-refractivity contribution >= 4 is 27.5 Å². The molecule has 0 amide bonds. The zero-order valence-electron chi connectivity index (χ0n) is 16.1. The monoisotopic (exact) mass is 367 g/mol. The fourth-order valence-electron chi connectivity index (χ4n) is 3.89. The Labute approximate surface area is 163 Å². The van der Waals surface area contributed by atoms with Crippen molar-refractivity contribution in [2.45, 2.75) is 33.1 Å². The van der Waals surface area contributed by atoms with Crippen LogP contribution in [0.1, 0.15) is 29.7 Å². The minimum absolute atomic E-state index is 0.758. The van der Waals surface area contributed by atoms with Gasteiger partial charge in [-0.25, -0.2) is 15.0 Å². The van der Waals surface area contributed by atoms with Crippen LogP contribution in [0.25, 0.3) is 27.5 Å². The van der Waals surface area contributed by atoms with E-state index in [1.807, 2.05) is 12.1 Å². The highest BCUT2D eigenvalue weighted by molar-refractivity contribution is 5.96. The van der Waals surface area contributed by atoms with Crippen LogP contribution in [0.15, 0.2) is 55.0 Å². The van der Waals surface area contributed by atoms with Crippen molar-refractivity contribution in [2.75, 3.05) is 0 Å². The molecule has 0 saturated carbocycles. The number of aromatic nitrogens is 5. The molecule has 0 N–H and O–H groups in total. The van der Waals surface area contributed by atoms with E-state index >= 15 is 0 Å². The minimum Gasteiger partial charge on any atom is -0.304 e. The van der Waals surface area contributed by atoms with E-state index < -0.39 is 0 Å². The number of hydrogen-bond acceptors (Lipinski definition) is 4. The molecule has 0 spiro atoms. The average molecular weight is 367 g/mol. The number of hydrogen-bond donors (Lipinski definition) is 0. The average Bonchev–Trinajstić information content (AvgIpc) is 3.07. The number of imidazole rings is 1. The van der Waals surface area contributed by atoms with E-state index in [2.05, 4.69) is 63.7 Å². The molecule has 4 heterocycles. The minimum atomic E-state index is 0.758. The molecule has 5 nitrogen and oxygen atoms in total. The highest BCUT2D eigenvalue weighted by atomic mass is 15.0. The molecule has 5 rings (SSSR count). The second-order valence-electron chi connectivity index (χ2n) is 7.08. The Morgan fingerprint density at radius 1 is 0.893 bits per heavy atom. The van der Waals surface area contributed by atoms with E-state index in [1.54, 1.807) is 12.4 Å². The molecule has 0 atom stereocenters. The van der Waals surface area contributed by atoms with Crippen molar-refractivity contribution in [1.82, 2.24) is 24.3 Å². The van der Waals surface area contributed by atoms with Gasteiger partial charge >= 0.3 is 0 Å². The van der Waals surface area contributed by atoms with Crippen molar-refractivity contribution in [3.63, 3.8) is 0 Å². The summed E-state index contributed by atoms with van der Waals surface area (Å²) in [6, 6.07) is 12.6. The van der Waals surface area contributed by atoms with Crippen LogP contribution in [-0.4, -0.2) is 24.3 Å². The fourth-order valence-corrected chi connectivity index (χ4v) is 3.89. The molecule has 138 valence electrons. The number of fused-ring (bicyclic) bond motifs is 4. The molecular formula is C23H21N5. The van der Waals surface area contributed by atoms with Crippen molar-refractivity contribution in [1.29, 1.82) is 0 Å². The van der Waals surface area contributed by atoms with Crippen LogP contribution >= 0.6 is 0 Å². The summed E-state index contributed by atoms with van der Waals surface area (Å²) in [6.45, 7) is 4.33. The van der Waals surface area contributed by atoms with Crippen molar-refractivity contribution in [3.8, 4) is 0 Å². The van der Waals surface area contributed by atoms with Crippen molar-refractivity contribution < 1.29 is 0 Å². The summed E-state index contributed by atoms with van der Waals surface area (Å²) in [6.07, 6.45) is 8.30. The lowest BCUT2D eigenvalue weighted by Gasteiger charge is -2.06. The summed E-state index contributed by atoms with van der Waals surface area (Å²) in [5.41, 5.74) is 6.39. The fraction of sp³-hybridized carbons (Fsp3) is 0.217. The van der Waals surface area contributed by atoms with E-state index in [0.29, 0.717) is 0 Å². The quantitative estimate of drug-likeness (QED) is 0.470. The van der Waals surface area contributed by atoms with Crippen molar-refractivity contribution in [2.24, 2.45) is 0 Å². The first-order valence-electron chi connectivity index (χ1n) is 9.69. The van der Waals surface area contributed by atoms with Gasteiger partial charge in [-0.15, -0.1) is 0 Å². The lowest BCUT2D eigenvalue weighted by atomic mass is 10.0. The summed E-state index contributed by atoms with van der Waals surface area (Å²) >= 11 is 0. The van der Waals surface area contributed by atoms with Crippen LogP contribution in [-0.2, 0) is 19.3 Å². The lowest BCUT2D eigenvalue weighted by Crippen LogP contribution is -2.00. The molecule has 5 heteroatoms. The molecule has 28 heavy (non-hydrogen) atoms. The molecule has 0 aliphatic rings. The van der Waals surface area contributed by atoms with Gasteiger partial charge in [0, 0.05) is 29.9 Å². The van der Waals surface area contributed by atoms with Gasteiger partial charge in [0.05, 0.1) is 17.4 Å². The predicted octanol–water partition coefficient (Wildman–Crippen LogP) is 4.48. The predicted molar refractivity (Wildman–Crippen MR) is 112 cm³/mol. The van der Waals surface area contributed by atoms with E-state index in [9.17, 15) is 0 Å². The molecule has 5 aromatic rings. The van der Waals surface area contributed by atoms with Crippen LogP contribution in [0.5, 0.6) is 0 Å². The van der Waals surface area contributed by atoms with Gasteiger partial charge in [0.2, 0.25) is 0 Å². The molecular weight excluding hydrogens is 346 g/mol. The molecule has 0 fully saturated rings. The van der Waals surface area contributed by atoms with Crippen LogP contribution in [0.3, 0.4) is 0 Å². The van der Waals surface area contributed by atoms with Crippen molar-refractivity contribution in [3.05, 3.63) is 77.8 Å². The standard InChI is InChI=1S/C23H21N5/c1-3-16-6-4-7-18-17(16)11-13-28-15(2)19(27-23(18)28)9-10-22-25-14-21-20(26-22)8-5-12-24-21/h4-8,11-14H,3,9-10H2,1-2H3. The molecule has 1 aromatic carbocycles. The number of benzene rings is 1. The third kappa shape index (κ3) is 2.71. The first kappa shape index (κ1) is 16.8. The molecule has 0 unspecified atom stereocenters. The Morgan fingerprint density at radius 2 is 1.82 bits per heavy atom. The van der Waals surface area contributed by atoms with Gasteiger partial charge in [0.15, 0.2) is 0 Å². The topological polar surface area (TPSA) is 56.0 Å². The van der Waals surface area contributed by atoms with Gasteiger partial charge in [0.25, 0.3) is 0 Å². The van der Waals surface area contributed by atoms with Gasteiger partial charge < -0.3 is 4.40 Å². The van der Waals surface area contributed by atoms with E-state index in [1.165, 1.54) is 22.0 Å². The van der Waals surface area contributed by atoms with Crippen LogP contribution in [0, 0.1) is 6.92 Å². The Hall–Kier alpha value is -3.34. The number of nitrogens with zero attached hydrogens (tertiary/aromatic N) is 5. The van der Waals surface area contributed by atoms with Crippen LogP contribution in [0.2, 0.25) is 0 Å². The summed E-state index contributed by atoms with van der Waals surface area (Å²) in [5.74, 6) is 0.829. The third-order valence-corrected chi connectivity index (χ3v) is 5.44. The van der Waals surface area contributed by atoms with Gasteiger partial charge in [-0.05, 0) is 48.9 Å². The first-order chi connectivity index (χ1) is 13.7. The molecule has 0 aliphatic carbocycles. The molecule has 4 aromatic heterocycles.